The molecule has 210 valence electrons. The van der Waals surface area contributed by atoms with Crippen LogP contribution in [0.1, 0.15) is 36.0 Å². The second-order valence-electron chi connectivity index (χ2n) is 9.36. The number of hydrogen-bond donors (Lipinski definition) is 0. The maximum absolute atomic E-state index is 14.1. The molecule has 0 aliphatic carbocycles. The zero-order valence-corrected chi connectivity index (χ0v) is 24.2. The van der Waals surface area contributed by atoms with Gasteiger partial charge in [0.1, 0.15) is 11.5 Å². The number of benzene rings is 3. The highest BCUT2D eigenvalue weighted by molar-refractivity contribution is 7.91. The van der Waals surface area contributed by atoms with Gasteiger partial charge in [-0.25, -0.2) is 16.8 Å². The van der Waals surface area contributed by atoms with Gasteiger partial charge in [-0.15, -0.1) is 6.58 Å². The van der Waals surface area contributed by atoms with E-state index >= 15 is 0 Å². The van der Waals surface area contributed by atoms with Gasteiger partial charge in [-0.3, -0.25) is 0 Å². The van der Waals surface area contributed by atoms with Gasteiger partial charge in [0.05, 0.1) is 31.0 Å². The van der Waals surface area contributed by atoms with Crippen molar-refractivity contribution in [2.75, 3.05) is 20.0 Å². The van der Waals surface area contributed by atoms with Crippen LogP contribution in [-0.2, 0) is 38.7 Å². The Bertz CT molecular complexity index is 1340. The number of rotatable bonds is 16. The first kappa shape index (κ1) is 30.4. The van der Waals surface area contributed by atoms with Crippen molar-refractivity contribution in [3.05, 3.63) is 108 Å². The van der Waals surface area contributed by atoms with Gasteiger partial charge < -0.3 is 9.47 Å². The minimum Gasteiger partial charge on any atom is -0.497 e. The highest BCUT2D eigenvalue weighted by Crippen LogP contribution is 2.25. The van der Waals surface area contributed by atoms with Crippen molar-refractivity contribution in [2.24, 2.45) is 0 Å². The van der Waals surface area contributed by atoms with Gasteiger partial charge in [-0.05, 0) is 60.2 Å². The molecule has 39 heavy (non-hydrogen) atoms. The molecule has 9 heteroatoms. The number of nitrogens with zero attached hydrogens (tertiary/aromatic N) is 1. The molecule has 0 aliphatic rings. The van der Waals surface area contributed by atoms with Crippen LogP contribution in [0.4, 0.5) is 0 Å². The molecular formula is C30H37NO6S2. The molecule has 0 fully saturated rings. The largest absolute Gasteiger partial charge is 0.497 e. The van der Waals surface area contributed by atoms with Crippen molar-refractivity contribution in [3.63, 3.8) is 0 Å². The summed E-state index contributed by atoms with van der Waals surface area (Å²) in [6.45, 7) is 4.02. The Labute approximate surface area is 233 Å². The zero-order valence-electron chi connectivity index (χ0n) is 22.5. The average molecular weight is 572 g/mol. The monoisotopic (exact) mass is 571 g/mol. The average Bonchev–Trinajstić information content (AvgIpc) is 2.93. The lowest BCUT2D eigenvalue weighted by molar-refractivity contribution is 0.388. The van der Waals surface area contributed by atoms with Gasteiger partial charge in [0.25, 0.3) is 0 Å². The normalized spacial score (nSPS) is 12.7. The number of hydrogen-bond acceptors (Lipinski definition) is 6. The molecule has 0 heterocycles. The van der Waals surface area contributed by atoms with Crippen molar-refractivity contribution < 1.29 is 26.3 Å². The summed E-state index contributed by atoms with van der Waals surface area (Å²) in [5.41, 5.74) is 2.28. The first-order chi connectivity index (χ1) is 18.7. The van der Waals surface area contributed by atoms with Crippen LogP contribution < -0.4 is 9.47 Å². The van der Waals surface area contributed by atoms with Crippen LogP contribution in [0.5, 0.6) is 11.5 Å². The highest BCUT2D eigenvalue weighted by atomic mass is 32.2. The van der Waals surface area contributed by atoms with Crippen molar-refractivity contribution in [2.45, 2.75) is 43.4 Å². The fourth-order valence-electron chi connectivity index (χ4n) is 4.27. The van der Waals surface area contributed by atoms with Crippen LogP contribution >= 0.6 is 0 Å². The fourth-order valence-corrected chi connectivity index (χ4v) is 7.84. The van der Waals surface area contributed by atoms with E-state index in [1.807, 2.05) is 30.3 Å². The van der Waals surface area contributed by atoms with E-state index in [1.54, 1.807) is 68.8 Å². The Balaban J connectivity index is 1.87. The van der Waals surface area contributed by atoms with E-state index < -0.39 is 25.1 Å². The van der Waals surface area contributed by atoms with E-state index in [4.69, 9.17) is 9.47 Å². The molecule has 0 aromatic heterocycles. The van der Waals surface area contributed by atoms with E-state index in [-0.39, 0.29) is 37.4 Å². The Hall–Kier alpha value is -3.14. The molecule has 1 unspecified atom stereocenters. The summed E-state index contributed by atoms with van der Waals surface area (Å²) in [4.78, 5) is 0. The topological polar surface area (TPSA) is 90.0 Å². The summed E-state index contributed by atoms with van der Waals surface area (Å²) >= 11 is 0. The summed E-state index contributed by atoms with van der Waals surface area (Å²) in [7, 11) is -4.26. The van der Waals surface area contributed by atoms with E-state index in [2.05, 4.69) is 6.58 Å². The van der Waals surface area contributed by atoms with Crippen LogP contribution in [-0.4, -0.2) is 46.4 Å². The highest BCUT2D eigenvalue weighted by Gasteiger charge is 2.33. The number of allylic oxidation sites excluding steroid dienone is 1. The molecule has 0 aliphatic heterocycles. The summed E-state index contributed by atoms with van der Waals surface area (Å²) in [5, 5.41) is -0.877. The molecule has 3 aromatic carbocycles. The van der Waals surface area contributed by atoms with Gasteiger partial charge in [-0.2, -0.15) is 4.31 Å². The van der Waals surface area contributed by atoms with E-state index in [9.17, 15) is 16.8 Å². The number of ether oxygens (including phenoxy) is 2. The van der Waals surface area contributed by atoms with Crippen LogP contribution in [0.3, 0.4) is 0 Å². The fraction of sp³-hybridized carbons (Fsp3) is 0.333. The van der Waals surface area contributed by atoms with Gasteiger partial charge in [0, 0.05) is 13.1 Å². The maximum Gasteiger partial charge on any atom is 0.217 e. The molecule has 1 atom stereocenters. The SMILES string of the molecule is C=CCCC(CCS(=O)(=O)Cc1ccccc1)S(=O)(=O)N(Cc1ccc(OC)cc1)Cc1ccc(OC)cc1. The smallest absolute Gasteiger partial charge is 0.217 e. The lowest BCUT2D eigenvalue weighted by Gasteiger charge is -2.28. The Morgan fingerprint density at radius 3 is 1.72 bits per heavy atom. The molecule has 7 nitrogen and oxygen atoms in total. The Kier molecular flexibility index (Phi) is 11.2. The van der Waals surface area contributed by atoms with Crippen molar-refractivity contribution in [1.29, 1.82) is 0 Å². The predicted octanol–water partition coefficient (Wildman–Crippen LogP) is 5.38. The van der Waals surface area contributed by atoms with Crippen molar-refractivity contribution in [3.8, 4) is 11.5 Å². The zero-order chi connectivity index (χ0) is 28.3. The molecular weight excluding hydrogens is 534 g/mol. The van der Waals surface area contributed by atoms with Crippen LogP contribution in [0.2, 0.25) is 0 Å². The molecule has 0 N–H and O–H groups in total. The lowest BCUT2D eigenvalue weighted by atomic mass is 10.2. The van der Waals surface area contributed by atoms with E-state index in [1.165, 1.54) is 4.31 Å². The third-order valence-electron chi connectivity index (χ3n) is 6.49. The Morgan fingerprint density at radius 1 is 0.744 bits per heavy atom. The van der Waals surface area contributed by atoms with Crippen LogP contribution in [0.25, 0.3) is 0 Å². The third-order valence-corrected chi connectivity index (χ3v) is 10.4. The third kappa shape index (κ3) is 9.23. The van der Waals surface area contributed by atoms with Gasteiger partial charge in [-0.1, -0.05) is 60.7 Å². The second kappa shape index (κ2) is 14.3. The summed E-state index contributed by atoms with van der Waals surface area (Å²) in [6, 6.07) is 23.4. The quantitative estimate of drug-likeness (QED) is 0.215. The van der Waals surface area contributed by atoms with Gasteiger partial charge >= 0.3 is 0 Å². The van der Waals surface area contributed by atoms with Crippen LogP contribution in [0.15, 0.2) is 91.5 Å². The molecule has 0 spiro atoms. The molecule has 0 bridgehead atoms. The second-order valence-corrected chi connectivity index (χ2v) is 13.8. The summed E-state index contributed by atoms with van der Waals surface area (Å²) in [5.74, 6) is 1.01. The summed E-state index contributed by atoms with van der Waals surface area (Å²) in [6.07, 6.45) is 2.42. The minimum atomic E-state index is -3.90. The minimum absolute atomic E-state index is 0.00701. The molecule has 0 saturated heterocycles. The van der Waals surface area contributed by atoms with E-state index in [0.717, 1.165) is 11.1 Å². The van der Waals surface area contributed by atoms with Crippen LogP contribution in [0, 0.1) is 0 Å². The molecule has 0 amide bonds. The Morgan fingerprint density at radius 2 is 1.26 bits per heavy atom. The first-order valence-corrected chi connectivity index (χ1v) is 16.1. The van der Waals surface area contributed by atoms with Gasteiger partial charge in [0.15, 0.2) is 9.84 Å². The number of sulfone groups is 1. The molecule has 0 radical (unpaired) electrons. The standard InChI is InChI=1S/C30H37NO6S2/c1-4-5-11-30(20-21-38(32,33)24-27-9-7-6-8-10-27)39(34,35)31(22-25-12-16-28(36-2)17-13-25)23-26-14-18-29(37-3)19-15-26/h4,6-10,12-19,30H,1,5,11,20-24H2,2-3H3. The van der Waals surface area contributed by atoms with Gasteiger partial charge in [0.2, 0.25) is 10.0 Å². The van der Waals surface area contributed by atoms with Crippen molar-refractivity contribution >= 4 is 19.9 Å². The lowest BCUT2D eigenvalue weighted by Crippen LogP contribution is -2.39. The molecule has 3 rings (SSSR count). The molecule has 3 aromatic rings. The van der Waals surface area contributed by atoms with E-state index in [0.29, 0.717) is 23.5 Å². The van der Waals surface area contributed by atoms with Crippen molar-refractivity contribution in [1.82, 2.24) is 4.31 Å². The molecule has 0 saturated carbocycles. The number of methoxy groups -OCH3 is 2. The first-order valence-electron chi connectivity index (χ1n) is 12.8. The number of sulfonamides is 1. The predicted molar refractivity (Wildman–Crippen MR) is 156 cm³/mol. The summed E-state index contributed by atoms with van der Waals surface area (Å²) < 4.78 is 66.0. The maximum atomic E-state index is 14.1.